The highest BCUT2D eigenvalue weighted by Crippen LogP contribution is 2.28. The number of pyridine rings is 1. The number of aromatic nitrogens is 1. The van der Waals surface area contributed by atoms with Crippen LogP contribution in [0.4, 0.5) is 0 Å². The molecule has 0 aliphatic carbocycles. The van der Waals surface area contributed by atoms with Crippen LogP contribution >= 0.6 is 0 Å². The first kappa shape index (κ1) is 13.6. The van der Waals surface area contributed by atoms with Gasteiger partial charge in [-0.25, -0.2) is 0 Å². The molecule has 0 amide bonds. The van der Waals surface area contributed by atoms with Gasteiger partial charge < -0.3 is 14.5 Å². The molecule has 1 aromatic carbocycles. The van der Waals surface area contributed by atoms with E-state index in [0.29, 0.717) is 6.54 Å². The normalized spacial score (nSPS) is 12.5. The van der Waals surface area contributed by atoms with E-state index in [1.807, 2.05) is 42.5 Å². The van der Waals surface area contributed by atoms with Gasteiger partial charge >= 0.3 is 0 Å². The van der Waals surface area contributed by atoms with Crippen LogP contribution in [-0.4, -0.2) is 12.1 Å². The monoisotopic (exact) mass is 282 g/mol. The quantitative estimate of drug-likeness (QED) is 0.775. The van der Waals surface area contributed by atoms with Gasteiger partial charge in [-0.05, 0) is 31.2 Å². The molecule has 4 heteroatoms. The molecule has 2 heterocycles. The van der Waals surface area contributed by atoms with Crippen molar-refractivity contribution in [3.63, 3.8) is 0 Å². The van der Waals surface area contributed by atoms with Crippen LogP contribution < -0.4 is 10.1 Å². The smallest absolute Gasteiger partial charge is 0.176 e. The lowest BCUT2D eigenvalue weighted by Gasteiger charge is -2.11. The van der Waals surface area contributed by atoms with Gasteiger partial charge in [-0.3, -0.25) is 4.98 Å². The van der Waals surface area contributed by atoms with Crippen LogP contribution in [0.3, 0.4) is 0 Å². The van der Waals surface area contributed by atoms with E-state index in [9.17, 15) is 0 Å². The van der Waals surface area contributed by atoms with Gasteiger partial charge in [0.1, 0.15) is 5.76 Å². The number of ether oxygens (including phenoxy) is 1. The number of nitrogens with one attached hydrogen (secondary N) is 1. The third-order valence-electron chi connectivity index (χ3n) is 3.49. The van der Waals surface area contributed by atoms with Gasteiger partial charge in [-0.2, -0.15) is 0 Å². The summed E-state index contributed by atoms with van der Waals surface area (Å²) in [6.45, 7) is 2.74. The molecule has 0 bridgehead atoms. The molecular formula is C17H18N2O2. The van der Waals surface area contributed by atoms with Crippen molar-refractivity contribution < 1.29 is 9.15 Å². The van der Waals surface area contributed by atoms with Crippen molar-refractivity contribution in [2.45, 2.75) is 19.5 Å². The molecule has 0 saturated heterocycles. The molecule has 108 valence electrons. The van der Waals surface area contributed by atoms with E-state index < -0.39 is 0 Å². The SMILES string of the molecule is COc1cccc2cc(CN[C@H](C)c3ccccn3)oc12. The first-order valence-electron chi connectivity index (χ1n) is 6.97. The summed E-state index contributed by atoms with van der Waals surface area (Å²) in [5.41, 5.74) is 1.81. The second kappa shape index (κ2) is 5.97. The summed E-state index contributed by atoms with van der Waals surface area (Å²) in [5.74, 6) is 1.65. The maximum Gasteiger partial charge on any atom is 0.176 e. The van der Waals surface area contributed by atoms with Gasteiger partial charge in [-0.15, -0.1) is 0 Å². The first-order valence-corrected chi connectivity index (χ1v) is 6.97. The summed E-state index contributed by atoms with van der Waals surface area (Å²) in [5, 5.41) is 4.47. The van der Waals surface area contributed by atoms with E-state index >= 15 is 0 Å². The highest BCUT2D eigenvalue weighted by molar-refractivity contribution is 5.83. The zero-order chi connectivity index (χ0) is 14.7. The Hall–Kier alpha value is -2.33. The Kier molecular flexibility index (Phi) is 3.88. The molecule has 0 aliphatic rings. The number of hydrogen-bond donors (Lipinski definition) is 1. The van der Waals surface area contributed by atoms with E-state index in [1.54, 1.807) is 13.3 Å². The van der Waals surface area contributed by atoms with E-state index in [4.69, 9.17) is 9.15 Å². The van der Waals surface area contributed by atoms with Crippen molar-refractivity contribution in [1.29, 1.82) is 0 Å². The molecule has 0 radical (unpaired) electrons. The lowest BCUT2D eigenvalue weighted by atomic mass is 10.2. The minimum Gasteiger partial charge on any atom is -0.493 e. The van der Waals surface area contributed by atoms with Crippen LogP contribution in [0.2, 0.25) is 0 Å². The zero-order valence-corrected chi connectivity index (χ0v) is 12.2. The van der Waals surface area contributed by atoms with Crippen molar-refractivity contribution in [3.05, 3.63) is 60.1 Å². The van der Waals surface area contributed by atoms with Crippen LogP contribution in [0.25, 0.3) is 11.0 Å². The Morgan fingerprint density at radius 3 is 2.90 bits per heavy atom. The van der Waals surface area contributed by atoms with Gasteiger partial charge in [0.2, 0.25) is 0 Å². The summed E-state index contributed by atoms with van der Waals surface area (Å²) >= 11 is 0. The lowest BCUT2D eigenvalue weighted by Crippen LogP contribution is -2.18. The number of para-hydroxylation sites is 1. The van der Waals surface area contributed by atoms with E-state index in [1.165, 1.54) is 0 Å². The first-order chi connectivity index (χ1) is 10.3. The predicted octanol–water partition coefficient (Wildman–Crippen LogP) is 3.69. The van der Waals surface area contributed by atoms with Crippen LogP contribution in [0.1, 0.15) is 24.4 Å². The van der Waals surface area contributed by atoms with Crippen molar-refractivity contribution >= 4 is 11.0 Å². The molecular weight excluding hydrogens is 264 g/mol. The van der Waals surface area contributed by atoms with E-state index in [2.05, 4.69) is 17.2 Å². The Labute approximate surface area is 123 Å². The summed E-state index contributed by atoms with van der Waals surface area (Å²) in [4.78, 5) is 4.35. The second-order valence-corrected chi connectivity index (χ2v) is 4.95. The minimum atomic E-state index is 0.168. The second-order valence-electron chi connectivity index (χ2n) is 4.95. The van der Waals surface area contributed by atoms with Crippen LogP contribution in [0, 0.1) is 0 Å². The summed E-state index contributed by atoms with van der Waals surface area (Å²) in [6.07, 6.45) is 1.81. The maximum absolute atomic E-state index is 5.87. The maximum atomic E-state index is 5.87. The van der Waals surface area contributed by atoms with Gasteiger partial charge in [-0.1, -0.05) is 18.2 Å². The molecule has 1 N–H and O–H groups in total. The van der Waals surface area contributed by atoms with Crippen molar-refractivity contribution in [2.24, 2.45) is 0 Å². The minimum absolute atomic E-state index is 0.168. The average Bonchev–Trinajstić information content (AvgIpc) is 2.96. The Balaban J connectivity index is 1.74. The molecule has 3 aromatic rings. The fraction of sp³-hybridized carbons (Fsp3) is 0.235. The Morgan fingerprint density at radius 2 is 2.14 bits per heavy atom. The lowest BCUT2D eigenvalue weighted by molar-refractivity contribution is 0.404. The van der Waals surface area contributed by atoms with Gasteiger partial charge in [0.25, 0.3) is 0 Å². The highest BCUT2D eigenvalue weighted by Gasteiger charge is 2.10. The molecule has 21 heavy (non-hydrogen) atoms. The number of furan rings is 1. The number of nitrogens with zero attached hydrogens (tertiary/aromatic N) is 1. The number of rotatable bonds is 5. The molecule has 0 fully saturated rings. The van der Waals surface area contributed by atoms with Crippen molar-refractivity contribution in [2.75, 3.05) is 7.11 Å². The topological polar surface area (TPSA) is 47.3 Å². The summed E-state index contributed by atoms with van der Waals surface area (Å²) in [6, 6.07) is 14.0. The number of methoxy groups -OCH3 is 1. The average molecular weight is 282 g/mol. The molecule has 0 aliphatic heterocycles. The highest BCUT2D eigenvalue weighted by atomic mass is 16.5. The van der Waals surface area contributed by atoms with E-state index in [0.717, 1.165) is 28.2 Å². The summed E-state index contributed by atoms with van der Waals surface area (Å²) < 4.78 is 11.2. The Morgan fingerprint density at radius 1 is 1.24 bits per heavy atom. The van der Waals surface area contributed by atoms with Gasteiger partial charge in [0.15, 0.2) is 11.3 Å². The van der Waals surface area contributed by atoms with Gasteiger partial charge in [0, 0.05) is 17.6 Å². The molecule has 4 nitrogen and oxygen atoms in total. The fourth-order valence-corrected chi connectivity index (χ4v) is 2.33. The molecule has 2 aromatic heterocycles. The molecule has 3 rings (SSSR count). The molecule has 0 spiro atoms. The van der Waals surface area contributed by atoms with Crippen molar-refractivity contribution in [1.82, 2.24) is 10.3 Å². The molecule has 1 atom stereocenters. The predicted molar refractivity (Wildman–Crippen MR) is 82.3 cm³/mol. The van der Waals surface area contributed by atoms with Crippen LogP contribution in [-0.2, 0) is 6.54 Å². The third-order valence-corrected chi connectivity index (χ3v) is 3.49. The van der Waals surface area contributed by atoms with Crippen LogP contribution in [0.15, 0.2) is 53.1 Å². The number of hydrogen-bond acceptors (Lipinski definition) is 4. The standard InChI is InChI=1S/C17H18N2O2/c1-12(15-7-3-4-9-18-15)19-11-14-10-13-6-5-8-16(20-2)17(13)21-14/h3-10,12,19H,11H2,1-2H3/t12-/m1/s1. The van der Waals surface area contributed by atoms with Gasteiger partial charge in [0.05, 0.1) is 19.3 Å². The molecule has 0 unspecified atom stereocenters. The number of benzene rings is 1. The third kappa shape index (κ3) is 2.90. The van der Waals surface area contributed by atoms with E-state index in [-0.39, 0.29) is 6.04 Å². The zero-order valence-electron chi connectivity index (χ0n) is 12.2. The largest absolute Gasteiger partial charge is 0.493 e. The molecule has 0 saturated carbocycles. The number of fused-ring (bicyclic) bond motifs is 1. The summed E-state index contributed by atoms with van der Waals surface area (Å²) in [7, 11) is 1.65. The Bertz CT molecular complexity index is 722. The van der Waals surface area contributed by atoms with Crippen LogP contribution in [0.5, 0.6) is 5.75 Å². The fourth-order valence-electron chi connectivity index (χ4n) is 2.33. The van der Waals surface area contributed by atoms with Crippen molar-refractivity contribution in [3.8, 4) is 5.75 Å².